The highest BCUT2D eigenvalue weighted by atomic mass is 35.5. The average Bonchev–Trinajstić information content (AvgIpc) is 2.67. The third kappa shape index (κ3) is 7.02. The lowest BCUT2D eigenvalue weighted by Gasteiger charge is -2.10. The third-order valence-corrected chi connectivity index (χ3v) is 3.91. The molecule has 0 aliphatic carbocycles. The third-order valence-electron chi connectivity index (χ3n) is 3.37. The van der Waals surface area contributed by atoms with E-state index in [9.17, 15) is 9.59 Å². The number of methoxy groups -OCH3 is 1. The predicted octanol–water partition coefficient (Wildman–Crippen LogP) is 3.54. The minimum atomic E-state index is -0.419. The number of hydrazine groups is 1. The number of hydrogen-bond acceptors (Lipinski definition) is 5. The van der Waals surface area contributed by atoms with Crippen LogP contribution in [0.2, 0.25) is 10.0 Å². The van der Waals surface area contributed by atoms with Crippen LogP contribution in [0.3, 0.4) is 0 Å². The van der Waals surface area contributed by atoms with Crippen LogP contribution in [0.5, 0.6) is 11.5 Å². The number of carbonyl (C=O) groups is 2. The molecule has 7 nitrogen and oxygen atoms in total. The molecule has 0 atom stereocenters. The highest BCUT2D eigenvalue weighted by molar-refractivity contribution is 6.36. The quantitative estimate of drug-likeness (QED) is 0.446. The second kappa shape index (κ2) is 10.4. The Morgan fingerprint density at radius 3 is 2.36 bits per heavy atom. The molecule has 0 aromatic heterocycles. The van der Waals surface area contributed by atoms with Crippen molar-refractivity contribution >= 4 is 40.7 Å². The Hall–Kier alpha value is -2.90. The number of ether oxygens (including phenoxy) is 2. The Balaban J connectivity index is 1.77. The van der Waals surface area contributed by atoms with Crippen molar-refractivity contribution in [1.29, 1.82) is 0 Å². The van der Waals surface area contributed by atoms with Crippen molar-refractivity contribution in [3.63, 3.8) is 0 Å². The molecule has 2 amide bonds. The van der Waals surface area contributed by atoms with Gasteiger partial charge < -0.3 is 20.2 Å². The Labute approximate surface area is 172 Å². The van der Waals surface area contributed by atoms with Gasteiger partial charge in [-0.05, 0) is 49.4 Å². The largest absolute Gasteiger partial charge is 0.497 e. The number of halogens is 2. The van der Waals surface area contributed by atoms with Crippen molar-refractivity contribution in [1.82, 2.24) is 10.9 Å². The number of carbonyl (C=O) groups excluding carboxylic acids is 2. The second-order valence-corrected chi connectivity index (χ2v) is 6.42. The minimum Gasteiger partial charge on any atom is -0.497 e. The molecule has 0 bridgehead atoms. The van der Waals surface area contributed by atoms with Crippen LogP contribution in [0.4, 0.5) is 5.69 Å². The van der Waals surface area contributed by atoms with Gasteiger partial charge in [0.1, 0.15) is 11.5 Å². The lowest BCUT2D eigenvalue weighted by molar-refractivity contribution is -0.124. The molecule has 0 heterocycles. The van der Waals surface area contributed by atoms with Gasteiger partial charge in [-0.25, -0.2) is 0 Å². The SMILES string of the molecule is COc1ccc(OCC(=O)NNC(C)=CC(=O)Nc2ccc(Cl)cc2Cl)cc1. The van der Waals surface area contributed by atoms with Crippen LogP contribution < -0.4 is 25.6 Å². The Morgan fingerprint density at radius 1 is 1.04 bits per heavy atom. The van der Waals surface area contributed by atoms with E-state index in [1.807, 2.05) is 0 Å². The fraction of sp³-hybridized carbons (Fsp3) is 0.158. The lowest BCUT2D eigenvalue weighted by atomic mass is 10.3. The van der Waals surface area contributed by atoms with Crippen molar-refractivity contribution in [2.75, 3.05) is 19.0 Å². The summed E-state index contributed by atoms with van der Waals surface area (Å²) >= 11 is 11.8. The summed E-state index contributed by atoms with van der Waals surface area (Å²) in [6, 6.07) is 11.6. The number of amides is 2. The van der Waals surface area contributed by atoms with Crippen molar-refractivity contribution in [2.24, 2.45) is 0 Å². The van der Waals surface area contributed by atoms with Gasteiger partial charge in [0.25, 0.3) is 5.91 Å². The van der Waals surface area contributed by atoms with Crippen molar-refractivity contribution < 1.29 is 19.1 Å². The smallest absolute Gasteiger partial charge is 0.276 e. The standard InChI is InChI=1S/C19H19Cl2N3O4/c1-12(9-18(25)22-17-8-3-13(20)10-16(17)21)23-24-19(26)11-28-15-6-4-14(27-2)5-7-15/h3-10,23H,11H2,1-2H3,(H,22,25)(H,24,26). The van der Waals surface area contributed by atoms with Gasteiger partial charge in [0.15, 0.2) is 6.61 Å². The summed E-state index contributed by atoms with van der Waals surface area (Å²) in [5.41, 5.74) is 5.90. The summed E-state index contributed by atoms with van der Waals surface area (Å²) in [6.07, 6.45) is 1.27. The van der Waals surface area contributed by atoms with E-state index in [1.54, 1.807) is 50.4 Å². The minimum absolute atomic E-state index is 0.195. The van der Waals surface area contributed by atoms with E-state index >= 15 is 0 Å². The Kier molecular flexibility index (Phi) is 7.98. The van der Waals surface area contributed by atoms with Crippen LogP contribution in [0.15, 0.2) is 54.2 Å². The van der Waals surface area contributed by atoms with Crippen molar-refractivity contribution in [3.8, 4) is 11.5 Å². The number of anilines is 1. The van der Waals surface area contributed by atoms with Crippen LogP contribution in [-0.2, 0) is 9.59 Å². The highest BCUT2D eigenvalue weighted by Crippen LogP contribution is 2.25. The van der Waals surface area contributed by atoms with E-state index in [0.717, 1.165) is 0 Å². The maximum Gasteiger partial charge on any atom is 0.276 e. The molecule has 0 spiro atoms. The molecule has 9 heteroatoms. The average molecular weight is 424 g/mol. The van der Waals surface area contributed by atoms with E-state index < -0.39 is 11.8 Å². The first-order valence-corrected chi connectivity index (χ1v) is 8.89. The summed E-state index contributed by atoms with van der Waals surface area (Å²) in [5.74, 6) is 0.391. The van der Waals surface area contributed by atoms with Gasteiger partial charge in [-0.3, -0.25) is 15.0 Å². The van der Waals surface area contributed by atoms with E-state index in [-0.39, 0.29) is 6.61 Å². The summed E-state index contributed by atoms with van der Waals surface area (Å²) in [5, 5.41) is 3.41. The second-order valence-electron chi connectivity index (χ2n) is 5.58. The van der Waals surface area contributed by atoms with Crippen LogP contribution in [0.25, 0.3) is 0 Å². The molecule has 0 saturated heterocycles. The first kappa shape index (κ1) is 21.4. The topological polar surface area (TPSA) is 88.7 Å². The summed E-state index contributed by atoms with van der Waals surface area (Å²) in [6.45, 7) is 1.42. The molecular formula is C19H19Cl2N3O4. The Bertz CT molecular complexity index is 870. The van der Waals surface area contributed by atoms with Gasteiger partial charge in [0.2, 0.25) is 5.91 Å². The number of nitrogens with one attached hydrogen (secondary N) is 3. The Morgan fingerprint density at radius 2 is 1.71 bits per heavy atom. The molecule has 2 rings (SSSR count). The van der Waals surface area contributed by atoms with Crippen molar-refractivity contribution in [2.45, 2.75) is 6.92 Å². The van der Waals surface area contributed by atoms with Gasteiger partial charge in [0.05, 0.1) is 17.8 Å². The molecule has 0 aliphatic heterocycles. The normalized spacial score (nSPS) is 10.8. The fourth-order valence-electron chi connectivity index (χ4n) is 2.02. The molecule has 0 radical (unpaired) electrons. The van der Waals surface area contributed by atoms with Gasteiger partial charge >= 0.3 is 0 Å². The molecular weight excluding hydrogens is 405 g/mol. The molecule has 2 aromatic carbocycles. The first-order valence-electron chi connectivity index (χ1n) is 8.13. The molecule has 0 fully saturated rings. The lowest BCUT2D eigenvalue weighted by Crippen LogP contribution is -2.39. The van der Waals surface area contributed by atoms with Crippen LogP contribution >= 0.6 is 23.2 Å². The zero-order chi connectivity index (χ0) is 20.5. The fourth-order valence-corrected chi connectivity index (χ4v) is 2.47. The number of benzene rings is 2. The monoisotopic (exact) mass is 423 g/mol. The molecule has 0 unspecified atom stereocenters. The van der Waals surface area contributed by atoms with E-state index in [1.165, 1.54) is 12.1 Å². The molecule has 28 heavy (non-hydrogen) atoms. The highest BCUT2D eigenvalue weighted by Gasteiger charge is 2.06. The van der Waals surface area contributed by atoms with Crippen LogP contribution in [0, 0.1) is 0 Å². The molecule has 148 valence electrons. The van der Waals surface area contributed by atoms with Crippen LogP contribution in [-0.4, -0.2) is 25.5 Å². The zero-order valence-electron chi connectivity index (χ0n) is 15.2. The van der Waals surface area contributed by atoms with Gasteiger partial charge in [-0.1, -0.05) is 23.2 Å². The van der Waals surface area contributed by atoms with Gasteiger partial charge in [0, 0.05) is 16.8 Å². The maximum absolute atomic E-state index is 12.0. The number of allylic oxidation sites excluding steroid dienone is 1. The summed E-state index contributed by atoms with van der Waals surface area (Å²) in [7, 11) is 1.56. The summed E-state index contributed by atoms with van der Waals surface area (Å²) < 4.78 is 10.4. The van der Waals surface area contributed by atoms with E-state index in [2.05, 4.69) is 16.2 Å². The van der Waals surface area contributed by atoms with Crippen LogP contribution in [0.1, 0.15) is 6.92 Å². The molecule has 0 aliphatic rings. The molecule has 2 aromatic rings. The van der Waals surface area contributed by atoms with E-state index in [0.29, 0.717) is 32.9 Å². The summed E-state index contributed by atoms with van der Waals surface area (Å²) in [4.78, 5) is 23.8. The number of rotatable bonds is 8. The van der Waals surface area contributed by atoms with E-state index in [4.69, 9.17) is 32.7 Å². The van der Waals surface area contributed by atoms with Crippen molar-refractivity contribution in [3.05, 3.63) is 64.3 Å². The maximum atomic E-state index is 12.0. The predicted molar refractivity (Wildman–Crippen MR) is 109 cm³/mol. The van der Waals surface area contributed by atoms with Gasteiger partial charge in [-0.15, -0.1) is 0 Å². The molecule has 0 saturated carbocycles. The molecule has 3 N–H and O–H groups in total. The zero-order valence-corrected chi connectivity index (χ0v) is 16.7. The van der Waals surface area contributed by atoms with Gasteiger partial charge in [-0.2, -0.15) is 0 Å². The number of hydrogen-bond donors (Lipinski definition) is 3. The first-order chi connectivity index (χ1) is 13.4.